The Bertz CT molecular complexity index is 1150. The molecular weight excluding hydrogens is 432 g/mol. The fourth-order valence-corrected chi connectivity index (χ4v) is 5.74. The number of rotatable bonds is 3. The molecular formula is C23H21ClN4O2S. The third-order valence-corrected chi connectivity index (χ3v) is 7.87. The van der Waals surface area contributed by atoms with E-state index in [0.717, 1.165) is 40.5 Å². The fraction of sp³-hybridized carbons (Fsp3) is 0.348. The first kappa shape index (κ1) is 19.2. The van der Waals surface area contributed by atoms with E-state index in [4.69, 9.17) is 16.3 Å². The van der Waals surface area contributed by atoms with Crippen molar-refractivity contribution < 1.29 is 9.53 Å². The molecule has 158 valence electrons. The van der Waals surface area contributed by atoms with Gasteiger partial charge >= 0.3 is 0 Å². The molecule has 1 aromatic carbocycles. The lowest BCUT2D eigenvalue weighted by atomic mass is 9.97. The lowest BCUT2D eigenvalue weighted by Crippen LogP contribution is -2.40. The first-order valence-corrected chi connectivity index (χ1v) is 11.7. The summed E-state index contributed by atoms with van der Waals surface area (Å²) < 4.78 is 5.39. The Hall–Kier alpha value is -2.48. The number of benzene rings is 1. The van der Waals surface area contributed by atoms with Crippen LogP contribution in [0.3, 0.4) is 0 Å². The summed E-state index contributed by atoms with van der Waals surface area (Å²) in [6.45, 7) is 3.33. The van der Waals surface area contributed by atoms with Crippen LogP contribution in [0, 0.1) is 0 Å². The van der Waals surface area contributed by atoms with Crippen LogP contribution in [0.15, 0.2) is 42.0 Å². The van der Waals surface area contributed by atoms with Gasteiger partial charge in [-0.1, -0.05) is 17.7 Å². The van der Waals surface area contributed by atoms with Crippen LogP contribution in [0.25, 0.3) is 10.4 Å². The van der Waals surface area contributed by atoms with Crippen molar-refractivity contribution in [2.45, 2.75) is 18.3 Å². The number of amides is 1. The molecule has 8 heteroatoms. The molecule has 3 aliphatic rings. The van der Waals surface area contributed by atoms with Gasteiger partial charge in [-0.05, 0) is 42.0 Å². The molecule has 1 saturated carbocycles. The Morgan fingerprint density at radius 3 is 2.58 bits per heavy atom. The molecule has 0 radical (unpaired) electrons. The molecule has 0 bridgehead atoms. The van der Waals surface area contributed by atoms with Crippen molar-refractivity contribution in [1.82, 2.24) is 14.9 Å². The van der Waals surface area contributed by atoms with Gasteiger partial charge < -0.3 is 14.5 Å². The third-order valence-electron chi connectivity index (χ3n) is 6.48. The van der Waals surface area contributed by atoms with Crippen LogP contribution >= 0.6 is 22.9 Å². The molecule has 0 N–H and O–H groups in total. The van der Waals surface area contributed by atoms with Crippen molar-refractivity contribution in [1.29, 1.82) is 0 Å². The van der Waals surface area contributed by atoms with Crippen LogP contribution in [-0.2, 0) is 10.2 Å². The summed E-state index contributed by atoms with van der Waals surface area (Å²) in [6, 6.07) is 8.02. The smallest absolute Gasteiger partial charge is 0.254 e. The van der Waals surface area contributed by atoms with E-state index in [-0.39, 0.29) is 11.3 Å². The van der Waals surface area contributed by atoms with Crippen molar-refractivity contribution >= 4 is 40.5 Å². The quantitative estimate of drug-likeness (QED) is 0.585. The Morgan fingerprint density at radius 2 is 1.90 bits per heavy atom. The fourth-order valence-electron chi connectivity index (χ4n) is 4.59. The summed E-state index contributed by atoms with van der Waals surface area (Å²) in [5, 5.41) is 2.68. The third kappa shape index (κ3) is 3.23. The van der Waals surface area contributed by atoms with E-state index < -0.39 is 0 Å². The second kappa shape index (κ2) is 7.29. The molecule has 1 amide bonds. The maximum absolute atomic E-state index is 13.0. The topological polar surface area (TPSA) is 58.6 Å². The number of fused-ring (bicyclic) bond motifs is 2. The summed E-state index contributed by atoms with van der Waals surface area (Å²) in [4.78, 5) is 27.4. The predicted molar refractivity (Wildman–Crippen MR) is 121 cm³/mol. The van der Waals surface area contributed by atoms with Crippen molar-refractivity contribution in [2.24, 2.45) is 0 Å². The average Bonchev–Trinajstić information content (AvgIpc) is 3.36. The summed E-state index contributed by atoms with van der Waals surface area (Å²) >= 11 is 7.85. The van der Waals surface area contributed by atoms with E-state index in [1.165, 1.54) is 5.56 Å². The second-order valence-electron chi connectivity index (χ2n) is 8.37. The van der Waals surface area contributed by atoms with Crippen LogP contribution < -0.4 is 4.90 Å². The number of hydrogen-bond acceptors (Lipinski definition) is 6. The molecule has 2 fully saturated rings. The molecule has 0 unspecified atom stereocenters. The highest BCUT2D eigenvalue weighted by Crippen LogP contribution is 2.57. The number of nitrogens with zero attached hydrogens (tertiary/aromatic N) is 4. The van der Waals surface area contributed by atoms with Crippen molar-refractivity contribution in [3.63, 3.8) is 0 Å². The summed E-state index contributed by atoms with van der Waals surface area (Å²) in [7, 11) is 0. The van der Waals surface area contributed by atoms with E-state index in [1.807, 2.05) is 40.9 Å². The summed E-state index contributed by atoms with van der Waals surface area (Å²) in [5.74, 6) is 0.726. The number of thiophene rings is 1. The van der Waals surface area contributed by atoms with Gasteiger partial charge in [0.25, 0.3) is 5.91 Å². The number of halogens is 1. The Morgan fingerprint density at radius 1 is 1.13 bits per heavy atom. The van der Waals surface area contributed by atoms with Gasteiger partial charge in [0.1, 0.15) is 0 Å². The van der Waals surface area contributed by atoms with E-state index in [1.54, 1.807) is 11.3 Å². The first-order chi connectivity index (χ1) is 15.1. The van der Waals surface area contributed by atoms with Gasteiger partial charge in [0.15, 0.2) is 0 Å². The van der Waals surface area contributed by atoms with Crippen LogP contribution in [0.4, 0.5) is 11.6 Å². The number of ether oxygens (including phenoxy) is 1. The number of anilines is 2. The van der Waals surface area contributed by atoms with Crippen molar-refractivity contribution in [2.75, 3.05) is 37.7 Å². The molecule has 1 aliphatic carbocycles. The van der Waals surface area contributed by atoms with E-state index in [9.17, 15) is 4.79 Å². The van der Waals surface area contributed by atoms with Gasteiger partial charge in [0.05, 0.1) is 23.1 Å². The Kier molecular flexibility index (Phi) is 4.52. The monoisotopic (exact) mass is 452 g/mol. The summed E-state index contributed by atoms with van der Waals surface area (Å²) in [6.07, 6.45) is 5.99. The number of carbonyl (C=O) groups is 1. The van der Waals surface area contributed by atoms with Gasteiger partial charge in [-0.3, -0.25) is 4.79 Å². The molecule has 31 heavy (non-hydrogen) atoms. The molecule has 2 aliphatic heterocycles. The van der Waals surface area contributed by atoms with Crippen LogP contribution in [0.1, 0.15) is 28.8 Å². The predicted octanol–water partition coefficient (Wildman–Crippen LogP) is 4.51. The zero-order chi connectivity index (χ0) is 21.0. The zero-order valence-electron chi connectivity index (χ0n) is 16.9. The number of carbonyl (C=O) groups excluding carboxylic acids is 1. The number of aromatic nitrogens is 2. The minimum Gasteiger partial charge on any atom is -0.378 e. The van der Waals surface area contributed by atoms with E-state index in [2.05, 4.69) is 20.9 Å². The Balaban J connectivity index is 1.33. The highest BCUT2D eigenvalue weighted by atomic mass is 35.5. The van der Waals surface area contributed by atoms with Crippen LogP contribution in [0.5, 0.6) is 0 Å². The Labute approximate surface area is 189 Å². The van der Waals surface area contributed by atoms with E-state index >= 15 is 0 Å². The molecule has 2 aromatic heterocycles. The maximum atomic E-state index is 13.0. The van der Waals surface area contributed by atoms with Gasteiger partial charge in [-0.15, -0.1) is 11.3 Å². The van der Waals surface area contributed by atoms with Crippen LogP contribution in [-0.4, -0.2) is 53.6 Å². The van der Waals surface area contributed by atoms with Crippen molar-refractivity contribution in [3.8, 4) is 10.4 Å². The van der Waals surface area contributed by atoms with E-state index in [0.29, 0.717) is 37.8 Å². The zero-order valence-corrected chi connectivity index (χ0v) is 18.5. The first-order valence-electron chi connectivity index (χ1n) is 10.5. The second-order valence-corrected chi connectivity index (χ2v) is 9.70. The molecule has 1 saturated heterocycles. The standard InChI is InChI=1S/C23H21ClN4O2S/c24-18-3-10-31-20(18)16-12-25-22(26-13-16)28-14-23(4-5-23)17-2-1-15(11-19(17)28)21(29)27-6-8-30-9-7-27/h1-3,10-13H,4-9,14H2. The van der Waals surface area contributed by atoms with Crippen molar-refractivity contribution in [3.05, 3.63) is 58.2 Å². The number of hydrogen-bond donors (Lipinski definition) is 0. The van der Waals surface area contributed by atoms with Gasteiger partial charge in [-0.2, -0.15) is 0 Å². The molecule has 0 atom stereocenters. The highest BCUT2D eigenvalue weighted by Gasteiger charge is 2.52. The lowest BCUT2D eigenvalue weighted by Gasteiger charge is -2.27. The normalized spacial score (nSPS) is 19.0. The van der Waals surface area contributed by atoms with Gasteiger partial charge in [-0.25, -0.2) is 9.97 Å². The van der Waals surface area contributed by atoms with Gasteiger partial charge in [0, 0.05) is 54.3 Å². The maximum Gasteiger partial charge on any atom is 0.254 e. The number of morpholine rings is 1. The molecule has 1 spiro atoms. The lowest BCUT2D eigenvalue weighted by molar-refractivity contribution is 0.0303. The highest BCUT2D eigenvalue weighted by molar-refractivity contribution is 7.14. The minimum absolute atomic E-state index is 0.0615. The SMILES string of the molecule is O=C(c1ccc2c(c1)N(c1ncc(-c3sccc3Cl)cn1)CC21CC1)N1CCOCC1. The summed E-state index contributed by atoms with van der Waals surface area (Å²) in [5.41, 5.74) is 4.17. The molecule has 6 rings (SSSR count). The average molecular weight is 453 g/mol. The largest absolute Gasteiger partial charge is 0.378 e. The molecule has 6 nitrogen and oxygen atoms in total. The van der Waals surface area contributed by atoms with Crippen LogP contribution in [0.2, 0.25) is 5.02 Å². The van der Waals surface area contributed by atoms with Gasteiger partial charge in [0.2, 0.25) is 5.95 Å². The molecule has 4 heterocycles. The molecule has 3 aromatic rings. The minimum atomic E-state index is 0.0615.